The van der Waals surface area contributed by atoms with Crippen LogP contribution >= 0.6 is 11.3 Å². The first-order valence-electron chi connectivity index (χ1n) is 6.57. The predicted molar refractivity (Wildman–Crippen MR) is 82.7 cm³/mol. The van der Waals surface area contributed by atoms with Crippen LogP contribution in [0.2, 0.25) is 0 Å². The van der Waals surface area contributed by atoms with Crippen molar-refractivity contribution in [3.8, 4) is 0 Å². The molecule has 0 radical (unpaired) electrons. The van der Waals surface area contributed by atoms with Crippen molar-refractivity contribution in [3.05, 3.63) is 62.1 Å². The number of nitrogens with one attached hydrogen (secondary N) is 1. The summed E-state index contributed by atoms with van der Waals surface area (Å²) < 4.78 is 13.1. The molecule has 2 rings (SSSR count). The number of hydrogen-bond acceptors (Lipinski definition) is 4. The summed E-state index contributed by atoms with van der Waals surface area (Å²) in [5.74, 6) is -1.33. The number of halogens is 1. The highest BCUT2D eigenvalue weighted by Gasteiger charge is 2.25. The number of rotatable bonds is 5. The zero-order valence-corrected chi connectivity index (χ0v) is 12.9. The predicted octanol–water partition coefficient (Wildman–Crippen LogP) is 3.50. The van der Waals surface area contributed by atoms with Gasteiger partial charge in [-0.25, -0.2) is 4.39 Å². The topological polar surface area (TPSA) is 72.2 Å². The highest BCUT2D eigenvalue weighted by atomic mass is 32.1. The molecule has 5 nitrogen and oxygen atoms in total. The molecule has 0 fully saturated rings. The maximum absolute atomic E-state index is 13.1. The molecule has 0 aliphatic heterocycles. The highest BCUT2D eigenvalue weighted by Crippen LogP contribution is 2.27. The molecular formula is C15H15FN2O3S. The zero-order chi connectivity index (χ0) is 16.3. The van der Waals surface area contributed by atoms with Crippen molar-refractivity contribution in [1.82, 2.24) is 5.32 Å². The normalized spacial score (nSPS) is 11.2. The number of carbonyl (C=O) groups is 1. The Labute approximate surface area is 130 Å². The van der Waals surface area contributed by atoms with Crippen molar-refractivity contribution in [2.24, 2.45) is 0 Å². The van der Waals surface area contributed by atoms with Gasteiger partial charge in [-0.2, -0.15) is 0 Å². The molecule has 1 aromatic carbocycles. The molecular weight excluding hydrogens is 307 g/mol. The minimum absolute atomic E-state index is 0.145. The van der Waals surface area contributed by atoms with Gasteiger partial charge in [-0.1, -0.05) is 19.9 Å². The number of nitrogens with zero attached hydrogens (tertiary/aromatic N) is 1. The summed E-state index contributed by atoms with van der Waals surface area (Å²) in [6, 6.07) is 6.80. The van der Waals surface area contributed by atoms with Gasteiger partial charge < -0.3 is 5.32 Å². The van der Waals surface area contributed by atoms with Crippen LogP contribution in [-0.4, -0.2) is 17.4 Å². The van der Waals surface area contributed by atoms with E-state index in [1.54, 1.807) is 11.3 Å². The van der Waals surface area contributed by atoms with Gasteiger partial charge in [-0.15, -0.1) is 11.3 Å². The zero-order valence-electron chi connectivity index (χ0n) is 12.1. The van der Waals surface area contributed by atoms with E-state index in [9.17, 15) is 19.3 Å². The van der Waals surface area contributed by atoms with Crippen molar-refractivity contribution in [1.29, 1.82) is 0 Å². The van der Waals surface area contributed by atoms with Crippen molar-refractivity contribution >= 4 is 22.9 Å². The van der Waals surface area contributed by atoms with Gasteiger partial charge in [0, 0.05) is 16.8 Å². The summed E-state index contributed by atoms with van der Waals surface area (Å²) in [6.07, 6.45) is 0. The molecule has 0 saturated carbocycles. The maximum atomic E-state index is 13.1. The van der Waals surface area contributed by atoms with Crippen LogP contribution in [0.4, 0.5) is 10.1 Å². The van der Waals surface area contributed by atoms with E-state index in [-0.39, 0.29) is 11.0 Å². The summed E-state index contributed by atoms with van der Waals surface area (Å²) in [7, 11) is 0. The molecule has 116 valence electrons. The molecule has 2 aromatic rings. The van der Waals surface area contributed by atoms with E-state index in [4.69, 9.17) is 0 Å². The van der Waals surface area contributed by atoms with Crippen LogP contribution in [0, 0.1) is 15.9 Å². The standard InChI is InChI=1S/C15H15FN2O3S/c1-15(2,13-4-3-7-22-13)9-17-14(19)11-6-5-10(16)8-12(11)18(20)21/h3-8H,9H2,1-2H3,(H,17,19). The number of nitro benzene ring substituents is 1. The van der Waals surface area contributed by atoms with Crippen LogP contribution in [0.5, 0.6) is 0 Å². The van der Waals surface area contributed by atoms with E-state index in [2.05, 4.69) is 5.32 Å². The van der Waals surface area contributed by atoms with Gasteiger partial charge in [-0.05, 0) is 23.6 Å². The largest absolute Gasteiger partial charge is 0.351 e. The van der Waals surface area contributed by atoms with Crippen LogP contribution in [0.3, 0.4) is 0 Å². The molecule has 0 spiro atoms. The highest BCUT2D eigenvalue weighted by molar-refractivity contribution is 7.10. The van der Waals surface area contributed by atoms with E-state index >= 15 is 0 Å². The lowest BCUT2D eigenvalue weighted by Gasteiger charge is -2.23. The monoisotopic (exact) mass is 322 g/mol. The molecule has 0 aliphatic carbocycles. The third-order valence-electron chi connectivity index (χ3n) is 3.28. The van der Waals surface area contributed by atoms with Gasteiger partial charge in [0.25, 0.3) is 11.6 Å². The third kappa shape index (κ3) is 3.48. The number of nitro groups is 1. The Balaban J connectivity index is 2.15. The second-order valence-electron chi connectivity index (χ2n) is 5.46. The van der Waals surface area contributed by atoms with Gasteiger partial charge in [0.2, 0.25) is 0 Å². The molecule has 0 aliphatic rings. The Morgan fingerprint density at radius 3 is 2.73 bits per heavy atom. The van der Waals surface area contributed by atoms with Crippen molar-refractivity contribution in [3.63, 3.8) is 0 Å². The van der Waals surface area contributed by atoms with E-state index < -0.39 is 22.3 Å². The summed E-state index contributed by atoms with van der Waals surface area (Å²) in [4.78, 5) is 23.4. The molecule has 1 N–H and O–H groups in total. The quantitative estimate of drug-likeness (QED) is 0.676. The second-order valence-corrected chi connectivity index (χ2v) is 6.41. The fraction of sp³-hybridized carbons (Fsp3) is 0.267. The summed E-state index contributed by atoms with van der Waals surface area (Å²) in [6.45, 7) is 4.26. The number of thiophene rings is 1. The van der Waals surface area contributed by atoms with Gasteiger partial charge in [0.15, 0.2) is 0 Å². The average Bonchev–Trinajstić information content (AvgIpc) is 2.99. The molecule has 1 heterocycles. The van der Waals surface area contributed by atoms with E-state index in [0.29, 0.717) is 6.54 Å². The van der Waals surface area contributed by atoms with Gasteiger partial charge >= 0.3 is 0 Å². The van der Waals surface area contributed by atoms with Crippen molar-refractivity contribution in [2.75, 3.05) is 6.54 Å². The smallest absolute Gasteiger partial charge is 0.285 e. The molecule has 0 bridgehead atoms. The Hall–Kier alpha value is -2.28. The second kappa shape index (κ2) is 6.23. The molecule has 0 atom stereocenters. The van der Waals surface area contributed by atoms with Crippen LogP contribution in [0.15, 0.2) is 35.7 Å². The molecule has 1 amide bonds. The summed E-state index contributed by atoms with van der Waals surface area (Å²) >= 11 is 1.58. The van der Waals surface area contributed by atoms with E-state index in [0.717, 1.165) is 23.1 Å². The Kier molecular flexibility index (Phi) is 4.56. The minimum atomic E-state index is -0.762. The SMILES string of the molecule is CC(C)(CNC(=O)c1ccc(F)cc1[N+](=O)[O-])c1cccs1. The van der Waals surface area contributed by atoms with Crippen molar-refractivity contribution < 1.29 is 14.1 Å². The third-order valence-corrected chi connectivity index (χ3v) is 4.52. The van der Waals surface area contributed by atoms with E-state index in [1.165, 1.54) is 0 Å². The lowest BCUT2D eigenvalue weighted by Crippen LogP contribution is -2.36. The van der Waals surface area contributed by atoms with Gasteiger partial charge in [0.1, 0.15) is 11.4 Å². The minimum Gasteiger partial charge on any atom is -0.351 e. The van der Waals surface area contributed by atoms with Crippen LogP contribution in [-0.2, 0) is 5.41 Å². The Bertz CT molecular complexity index is 699. The van der Waals surface area contributed by atoms with Gasteiger partial charge in [-0.3, -0.25) is 14.9 Å². The average molecular weight is 322 g/mol. The number of amides is 1. The van der Waals surface area contributed by atoms with Crippen molar-refractivity contribution in [2.45, 2.75) is 19.3 Å². The summed E-state index contributed by atoms with van der Waals surface area (Å²) in [5.41, 5.74) is -0.974. The lowest BCUT2D eigenvalue weighted by atomic mass is 9.91. The Morgan fingerprint density at radius 1 is 1.41 bits per heavy atom. The van der Waals surface area contributed by atoms with E-state index in [1.807, 2.05) is 31.4 Å². The van der Waals surface area contributed by atoms with Crippen LogP contribution in [0.25, 0.3) is 0 Å². The first-order valence-corrected chi connectivity index (χ1v) is 7.45. The maximum Gasteiger partial charge on any atom is 0.285 e. The molecule has 22 heavy (non-hydrogen) atoms. The lowest BCUT2D eigenvalue weighted by molar-refractivity contribution is -0.385. The first kappa shape index (κ1) is 16.1. The Morgan fingerprint density at radius 2 is 2.14 bits per heavy atom. The number of benzene rings is 1. The number of carbonyl (C=O) groups excluding carboxylic acids is 1. The molecule has 0 unspecified atom stereocenters. The fourth-order valence-electron chi connectivity index (χ4n) is 2.00. The fourth-order valence-corrected chi connectivity index (χ4v) is 2.85. The molecule has 0 saturated heterocycles. The molecule has 7 heteroatoms. The van der Waals surface area contributed by atoms with Crippen LogP contribution in [0.1, 0.15) is 29.1 Å². The van der Waals surface area contributed by atoms with Crippen LogP contribution < -0.4 is 5.32 Å². The first-order chi connectivity index (χ1) is 10.3. The van der Waals surface area contributed by atoms with Gasteiger partial charge in [0.05, 0.1) is 11.0 Å². The molecule has 1 aromatic heterocycles. The number of hydrogen-bond donors (Lipinski definition) is 1. The summed E-state index contributed by atoms with van der Waals surface area (Å²) in [5, 5.41) is 15.6.